The maximum Gasteiger partial charge on any atom is 0.272 e. The van der Waals surface area contributed by atoms with E-state index in [1.807, 2.05) is 19.2 Å². The summed E-state index contributed by atoms with van der Waals surface area (Å²) in [6.07, 6.45) is 5.82. The topological polar surface area (TPSA) is 106 Å². The highest BCUT2D eigenvalue weighted by atomic mass is 19.1. The first-order valence-electron chi connectivity index (χ1n) is 11.6. The minimum Gasteiger partial charge on any atom is -0.397 e. The number of amides is 1. The number of rotatable bonds is 0. The van der Waals surface area contributed by atoms with Gasteiger partial charge in [0.15, 0.2) is 11.5 Å². The smallest absolute Gasteiger partial charge is 0.272 e. The van der Waals surface area contributed by atoms with Gasteiger partial charge in [-0.1, -0.05) is 12.1 Å². The van der Waals surface area contributed by atoms with E-state index in [1.54, 1.807) is 6.07 Å². The summed E-state index contributed by atoms with van der Waals surface area (Å²) >= 11 is 0. The number of nitrogens with one attached hydrogen (secondary N) is 1. The minimum absolute atomic E-state index is 0.0151. The van der Waals surface area contributed by atoms with Crippen molar-refractivity contribution in [2.75, 3.05) is 12.3 Å². The fraction of sp³-hybridized carbons (Fsp3) is 0.480. The second-order valence-electron chi connectivity index (χ2n) is 10.1. The van der Waals surface area contributed by atoms with Crippen LogP contribution in [0.3, 0.4) is 0 Å². The molecule has 1 saturated carbocycles. The molecule has 1 aliphatic carbocycles. The molecule has 1 amide bonds. The number of nitrogen functional groups attached to an aromatic ring is 1. The Morgan fingerprint density at radius 3 is 2.79 bits per heavy atom. The highest BCUT2D eigenvalue weighted by Gasteiger charge is 2.44. The molecule has 2 aromatic rings. The van der Waals surface area contributed by atoms with Crippen molar-refractivity contribution in [2.45, 2.75) is 50.6 Å². The van der Waals surface area contributed by atoms with Crippen LogP contribution >= 0.6 is 0 Å². The second kappa shape index (κ2) is 8.17. The number of carbonyl (C=O) groups excluding carboxylic acids is 1. The molecule has 0 saturated heterocycles. The van der Waals surface area contributed by atoms with Crippen molar-refractivity contribution in [1.29, 1.82) is 0 Å². The maximum absolute atomic E-state index is 15.1. The maximum atomic E-state index is 15.1. The van der Waals surface area contributed by atoms with Crippen LogP contribution < -0.4 is 16.8 Å². The van der Waals surface area contributed by atoms with Gasteiger partial charge in [0.05, 0.1) is 17.8 Å². The van der Waals surface area contributed by atoms with Crippen LogP contribution in [0, 0.1) is 29.4 Å². The molecule has 5 unspecified atom stereocenters. The van der Waals surface area contributed by atoms with E-state index in [1.165, 1.54) is 6.07 Å². The van der Waals surface area contributed by atoms with Crippen LogP contribution in [-0.2, 0) is 6.42 Å². The first kappa shape index (κ1) is 21.9. The number of carbonyl (C=O) groups is 1. The Morgan fingerprint density at radius 2 is 1.97 bits per heavy atom. The first-order chi connectivity index (χ1) is 15.7. The number of nitrogens with two attached hydrogens (primary N) is 2. The molecule has 0 radical (unpaired) electrons. The van der Waals surface area contributed by atoms with E-state index in [9.17, 15) is 4.79 Å². The van der Waals surface area contributed by atoms with E-state index in [0.29, 0.717) is 18.5 Å². The SMILES string of the molecule is CC12CN=CCC1C1CC(N)CC(Cc3cccc(F)c3-c3nc(c(N)cc3F)C(=O)N2)C1. The molecular formula is C25H29F2N5O. The lowest BCUT2D eigenvalue weighted by molar-refractivity contribution is 0.0741. The molecular weight excluding hydrogens is 424 g/mol. The van der Waals surface area contributed by atoms with Gasteiger partial charge < -0.3 is 16.8 Å². The summed E-state index contributed by atoms with van der Waals surface area (Å²) < 4.78 is 30.1. The van der Waals surface area contributed by atoms with Crippen LogP contribution in [0.5, 0.6) is 0 Å². The summed E-state index contributed by atoms with van der Waals surface area (Å²) in [4.78, 5) is 22.1. The molecule has 1 fully saturated rings. The summed E-state index contributed by atoms with van der Waals surface area (Å²) in [5.41, 5.74) is 12.3. The zero-order valence-electron chi connectivity index (χ0n) is 18.7. The Morgan fingerprint density at radius 1 is 1.15 bits per heavy atom. The molecule has 2 aliphatic heterocycles. The lowest BCUT2D eigenvalue weighted by Crippen LogP contribution is -2.58. The summed E-state index contributed by atoms with van der Waals surface area (Å²) in [6, 6.07) is 5.80. The highest BCUT2D eigenvalue weighted by Crippen LogP contribution is 2.43. The van der Waals surface area contributed by atoms with E-state index in [2.05, 4.69) is 15.3 Å². The van der Waals surface area contributed by atoms with Gasteiger partial charge in [-0.3, -0.25) is 9.79 Å². The Hall–Kier alpha value is -2.87. The molecule has 5 atom stereocenters. The van der Waals surface area contributed by atoms with Gasteiger partial charge in [-0.25, -0.2) is 13.8 Å². The van der Waals surface area contributed by atoms with Gasteiger partial charge in [0.25, 0.3) is 5.91 Å². The van der Waals surface area contributed by atoms with Crippen LogP contribution in [-0.4, -0.2) is 35.2 Å². The monoisotopic (exact) mass is 453 g/mol. The molecule has 4 bridgehead atoms. The standard InChI is InChI=1S/C25H29F2N5O/c1-25-12-30-6-5-17(25)15-8-13(9-16(28)10-15)7-14-3-2-4-18(26)21(14)22-19(27)11-20(29)23(31-22)24(33)32-25/h2-4,6,11,13,15-17H,5,7-10,12,28-29H2,1H3,(H,32,33). The van der Waals surface area contributed by atoms with E-state index >= 15 is 8.78 Å². The Balaban J connectivity index is 1.70. The molecule has 6 nitrogen and oxygen atoms in total. The summed E-state index contributed by atoms with van der Waals surface area (Å²) in [5.74, 6) is -1.20. The van der Waals surface area contributed by atoms with Crippen LogP contribution in [0.15, 0.2) is 29.3 Å². The van der Waals surface area contributed by atoms with Gasteiger partial charge in [0.2, 0.25) is 0 Å². The fourth-order valence-corrected chi connectivity index (χ4v) is 6.19. The van der Waals surface area contributed by atoms with Crippen molar-refractivity contribution in [2.24, 2.45) is 28.5 Å². The number of fused-ring (bicyclic) bond motifs is 8. The third-order valence-corrected chi connectivity index (χ3v) is 7.64. The zero-order chi connectivity index (χ0) is 23.3. The van der Waals surface area contributed by atoms with Gasteiger partial charge in [-0.2, -0.15) is 0 Å². The first-order valence-corrected chi connectivity index (χ1v) is 11.6. The Kier molecular flexibility index (Phi) is 5.43. The summed E-state index contributed by atoms with van der Waals surface area (Å²) in [7, 11) is 0. The summed E-state index contributed by atoms with van der Waals surface area (Å²) in [5, 5.41) is 3.11. The lowest BCUT2D eigenvalue weighted by atomic mass is 9.64. The molecule has 0 spiro atoms. The normalized spacial score (nSPS) is 31.3. The molecule has 174 valence electrons. The van der Waals surface area contributed by atoms with Crippen molar-refractivity contribution in [3.63, 3.8) is 0 Å². The molecule has 5 N–H and O–H groups in total. The predicted molar refractivity (Wildman–Crippen MR) is 124 cm³/mol. The van der Waals surface area contributed by atoms with Gasteiger partial charge in [-0.15, -0.1) is 0 Å². The van der Waals surface area contributed by atoms with Crippen molar-refractivity contribution in [3.05, 3.63) is 47.2 Å². The van der Waals surface area contributed by atoms with Crippen molar-refractivity contribution < 1.29 is 13.6 Å². The Labute approximate surface area is 191 Å². The van der Waals surface area contributed by atoms with E-state index in [0.717, 1.165) is 31.7 Å². The average Bonchev–Trinajstić information content (AvgIpc) is 2.74. The largest absolute Gasteiger partial charge is 0.397 e. The van der Waals surface area contributed by atoms with Crippen LogP contribution in [0.4, 0.5) is 14.5 Å². The van der Waals surface area contributed by atoms with Gasteiger partial charge in [0, 0.05) is 17.7 Å². The van der Waals surface area contributed by atoms with Crippen molar-refractivity contribution in [1.82, 2.24) is 10.3 Å². The fourth-order valence-electron chi connectivity index (χ4n) is 6.19. The number of anilines is 1. The number of aliphatic imine (C=N–C) groups is 1. The van der Waals surface area contributed by atoms with Gasteiger partial charge >= 0.3 is 0 Å². The summed E-state index contributed by atoms with van der Waals surface area (Å²) in [6.45, 7) is 2.43. The number of pyridine rings is 1. The lowest BCUT2D eigenvalue weighted by Gasteiger charge is -2.46. The number of halogens is 2. The second-order valence-corrected chi connectivity index (χ2v) is 10.1. The van der Waals surface area contributed by atoms with Crippen molar-refractivity contribution >= 4 is 17.8 Å². The van der Waals surface area contributed by atoms with Gasteiger partial charge in [0.1, 0.15) is 11.5 Å². The molecule has 1 aromatic carbocycles. The number of nitrogens with zero attached hydrogens (tertiary/aromatic N) is 2. The van der Waals surface area contributed by atoms with Gasteiger partial charge in [-0.05, 0) is 74.6 Å². The number of hydrogen-bond acceptors (Lipinski definition) is 5. The zero-order valence-corrected chi connectivity index (χ0v) is 18.7. The molecule has 33 heavy (non-hydrogen) atoms. The molecule has 5 rings (SSSR count). The van der Waals surface area contributed by atoms with E-state index in [-0.39, 0.29) is 46.4 Å². The van der Waals surface area contributed by atoms with Crippen molar-refractivity contribution in [3.8, 4) is 11.3 Å². The number of aromatic nitrogens is 1. The molecule has 3 heterocycles. The van der Waals surface area contributed by atoms with E-state index < -0.39 is 23.1 Å². The highest BCUT2D eigenvalue weighted by molar-refractivity contribution is 5.98. The Bertz CT molecular complexity index is 1140. The molecule has 1 aromatic heterocycles. The predicted octanol–water partition coefficient (Wildman–Crippen LogP) is 3.49. The number of hydrogen-bond donors (Lipinski definition) is 3. The molecule has 3 aliphatic rings. The number of benzene rings is 1. The average molecular weight is 454 g/mol. The van der Waals surface area contributed by atoms with Crippen LogP contribution in [0.2, 0.25) is 0 Å². The van der Waals surface area contributed by atoms with Crippen LogP contribution in [0.1, 0.15) is 48.7 Å². The third kappa shape index (κ3) is 3.90. The minimum atomic E-state index is -0.755. The third-order valence-electron chi connectivity index (χ3n) is 7.64. The molecule has 8 heteroatoms. The van der Waals surface area contributed by atoms with E-state index in [4.69, 9.17) is 11.5 Å². The van der Waals surface area contributed by atoms with Crippen LogP contribution in [0.25, 0.3) is 11.3 Å². The quantitative estimate of drug-likeness (QED) is 0.568.